The minimum absolute atomic E-state index is 0.796. The van der Waals surface area contributed by atoms with Crippen LogP contribution in [0.15, 0.2) is 0 Å². The lowest BCUT2D eigenvalue weighted by Gasteiger charge is -1.96. The molecule has 1 amide bonds. The number of carboxylic acid groups (broad SMARTS) is 1. The number of rotatable bonds is 1. The van der Waals surface area contributed by atoms with E-state index < -0.39 is 21.5 Å². The second-order valence-corrected chi connectivity index (χ2v) is 1.66. The number of hydrogen-bond acceptors (Lipinski definition) is 4. The largest absolute Gasteiger partial charge is 0.463 e. The molecule has 0 aliphatic heterocycles. The monoisotopic (exact) mass is 141 g/mol. The molecule has 0 spiro atoms. The Morgan fingerprint density at radius 3 is 1.88 bits per heavy atom. The Balaban J connectivity index is 4.04. The molecule has 0 unspecified atom stereocenters. The minimum Gasteiger partial charge on any atom is -0.463 e. The van der Waals surface area contributed by atoms with Crippen LogP contribution in [-0.4, -0.2) is 29.3 Å². The van der Waals surface area contributed by atoms with Gasteiger partial charge in [-0.1, -0.05) is 4.47 Å². The van der Waals surface area contributed by atoms with Gasteiger partial charge in [0, 0.05) is 0 Å². The van der Waals surface area contributed by atoms with Gasteiger partial charge in [-0.05, 0) is 0 Å². The minimum atomic E-state index is -3.41. The van der Waals surface area contributed by atoms with Crippen molar-refractivity contribution in [2.45, 2.75) is 0 Å². The summed E-state index contributed by atoms with van der Waals surface area (Å²) in [5, 5.41) is 15.5. The number of nitrogens with zero attached hydrogens (tertiary/aromatic N) is 1. The molecule has 2 N–H and O–H groups in total. The molecule has 0 aromatic rings. The fourth-order valence-electron chi connectivity index (χ4n) is 0.0698. The average molecular weight is 141 g/mol. The van der Waals surface area contributed by atoms with E-state index >= 15 is 0 Å². The number of amides is 1. The summed E-state index contributed by atoms with van der Waals surface area (Å²) in [6.07, 6.45) is -1.92. The van der Waals surface area contributed by atoms with Gasteiger partial charge in [0.2, 0.25) is 0 Å². The first-order chi connectivity index (χ1) is 3.55. The van der Waals surface area contributed by atoms with Crippen LogP contribution in [0, 0.1) is 0 Å². The summed E-state index contributed by atoms with van der Waals surface area (Å²) >= 11 is 0. The van der Waals surface area contributed by atoms with Crippen molar-refractivity contribution in [3.05, 3.63) is 0 Å². The summed E-state index contributed by atoms with van der Waals surface area (Å²) in [6.45, 7) is 0. The second kappa shape index (κ2) is 2.48. The Labute approximate surface area is 46.0 Å². The first kappa shape index (κ1) is 7.18. The molecular formula is CH3NO5S. The zero-order chi connectivity index (χ0) is 6.73. The number of thiol groups is 1. The van der Waals surface area contributed by atoms with Gasteiger partial charge in [0.1, 0.15) is 0 Å². The molecule has 0 rings (SSSR count). The summed E-state index contributed by atoms with van der Waals surface area (Å²) in [5.74, 6) is 0. The van der Waals surface area contributed by atoms with Crippen molar-refractivity contribution in [1.82, 2.24) is 4.47 Å². The van der Waals surface area contributed by atoms with Gasteiger partial charge in [-0.15, -0.1) is 0 Å². The second-order valence-electron chi connectivity index (χ2n) is 0.810. The molecule has 0 aromatic heterocycles. The molecule has 6 nitrogen and oxygen atoms in total. The highest BCUT2D eigenvalue weighted by molar-refractivity contribution is 7.70. The lowest BCUT2D eigenvalue weighted by molar-refractivity contribution is 0.0178. The Morgan fingerprint density at radius 2 is 1.88 bits per heavy atom. The summed E-state index contributed by atoms with van der Waals surface area (Å²) in [6, 6.07) is 0. The third-order valence-electron chi connectivity index (χ3n) is 0.326. The van der Waals surface area contributed by atoms with Crippen LogP contribution in [0.5, 0.6) is 0 Å². The maximum absolute atomic E-state index is 9.47. The average Bonchev–Trinajstić information content (AvgIpc) is 1.64. The Morgan fingerprint density at radius 1 is 1.50 bits per heavy atom. The van der Waals surface area contributed by atoms with E-state index in [9.17, 15) is 13.2 Å². The summed E-state index contributed by atoms with van der Waals surface area (Å²) < 4.78 is 18.1. The van der Waals surface area contributed by atoms with Crippen molar-refractivity contribution in [2.75, 3.05) is 0 Å². The van der Waals surface area contributed by atoms with Gasteiger partial charge in [-0.3, -0.25) is 5.21 Å². The summed E-state index contributed by atoms with van der Waals surface area (Å²) in [7, 11) is -3.41. The van der Waals surface area contributed by atoms with Crippen molar-refractivity contribution in [3.8, 4) is 0 Å². The van der Waals surface area contributed by atoms with Crippen LogP contribution in [0.2, 0.25) is 0 Å². The van der Waals surface area contributed by atoms with Crippen LogP contribution in [0.3, 0.4) is 0 Å². The lowest BCUT2D eigenvalue weighted by Crippen LogP contribution is -2.23. The Hall–Kier alpha value is -0.820. The lowest BCUT2D eigenvalue weighted by atomic mass is 11.3. The highest BCUT2D eigenvalue weighted by atomic mass is 32.2. The van der Waals surface area contributed by atoms with Gasteiger partial charge in [0.25, 0.3) is 10.9 Å². The van der Waals surface area contributed by atoms with E-state index in [0.717, 1.165) is 0 Å². The van der Waals surface area contributed by atoms with E-state index in [1.165, 1.54) is 0 Å². The molecule has 0 aromatic carbocycles. The third-order valence-corrected chi connectivity index (χ3v) is 0.806. The Kier molecular flexibility index (Phi) is 2.22. The fourth-order valence-corrected chi connectivity index (χ4v) is 0.210. The van der Waals surface area contributed by atoms with E-state index in [4.69, 9.17) is 10.3 Å². The molecule has 0 heterocycles. The van der Waals surface area contributed by atoms with E-state index in [1.807, 2.05) is 0 Å². The molecule has 0 bridgehead atoms. The number of hydroxylamine groups is 1. The first-order valence-corrected chi connectivity index (χ1v) is 2.55. The smallest absolute Gasteiger partial charge is 0.445 e. The highest BCUT2D eigenvalue weighted by Gasteiger charge is 2.07. The topological polar surface area (TPSA) is 94.9 Å². The normalized spacial score (nSPS) is 9.25. The fraction of sp³-hybridized carbons (Fsp3) is 0. The third kappa shape index (κ3) is 1.76. The van der Waals surface area contributed by atoms with Crippen molar-refractivity contribution in [2.24, 2.45) is 0 Å². The van der Waals surface area contributed by atoms with Crippen molar-refractivity contribution in [1.29, 1.82) is 0 Å². The van der Waals surface area contributed by atoms with Crippen LogP contribution in [0.1, 0.15) is 0 Å². The number of hydrogen-bond donors (Lipinski definition) is 3. The molecule has 0 atom stereocenters. The van der Waals surface area contributed by atoms with Crippen LogP contribution in [0.4, 0.5) is 4.79 Å². The van der Waals surface area contributed by atoms with E-state index in [1.54, 1.807) is 0 Å². The summed E-state index contributed by atoms with van der Waals surface area (Å²) in [4.78, 5) is 9.43. The van der Waals surface area contributed by atoms with Gasteiger partial charge in [0.05, 0.1) is 0 Å². The van der Waals surface area contributed by atoms with Crippen molar-refractivity contribution < 1.29 is 23.5 Å². The predicted octanol–water partition coefficient (Wildman–Crippen LogP) is -1.12. The van der Waals surface area contributed by atoms with Gasteiger partial charge in [-0.2, -0.15) is 0 Å². The highest BCUT2D eigenvalue weighted by Crippen LogP contribution is 1.78. The molecule has 8 heavy (non-hydrogen) atoms. The SMILES string of the molecule is O=C(O)N(O)[SH](=O)=O. The van der Waals surface area contributed by atoms with E-state index in [2.05, 4.69) is 0 Å². The molecule has 0 aliphatic carbocycles. The van der Waals surface area contributed by atoms with Crippen LogP contribution in [0.25, 0.3) is 0 Å². The zero-order valence-electron chi connectivity index (χ0n) is 3.51. The first-order valence-electron chi connectivity index (χ1n) is 1.42. The van der Waals surface area contributed by atoms with Crippen molar-refractivity contribution in [3.63, 3.8) is 0 Å². The van der Waals surface area contributed by atoms with Crippen LogP contribution in [-0.2, 0) is 10.9 Å². The van der Waals surface area contributed by atoms with E-state index in [-0.39, 0.29) is 0 Å². The molecule has 0 saturated carbocycles. The zero-order valence-corrected chi connectivity index (χ0v) is 4.41. The van der Waals surface area contributed by atoms with Gasteiger partial charge in [-0.25, -0.2) is 13.2 Å². The van der Waals surface area contributed by atoms with Crippen molar-refractivity contribution >= 4 is 17.0 Å². The molecule has 0 saturated heterocycles. The molecule has 0 fully saturated rings. The Bertz CT molecular complexity index is 152. The molecule has 7 heteroatoms. The van der Waals surface area contributed by atoms with Gasteiger partial charge in [0.15, 0.2) is 0 Å². The van der Waals surface area contributed by atoms with Gasteiger partial charge < -0.3 is 5.11 Å². The summed E-state index contributed by atoms with van der Waals surface area (Å²) in [5.41, 5.74) is 0. The number of carbonyl (C=O) groups is 1. The molecule has 0 radical (unpaired) electrons. The van der Waals surface area contributed by atoms with Crippen LogP contribution >= 0.6 is 0 Å². The maximum atomic E-state index is 9.47. The molecule has 48 valence electrons. The molecular weight excluding hydrogens is 138 g/mol. The quantitative estimate of drug-likeness (QED) is 0.244. The van der Waals surface area contributed by atoms with E-state index in [0.29, 0.717) is 0 Å². The standard InChI is InChI=1S/CH3NO5S/c3-1(4)2(5)8(6)7/h5,8H,(H,3,4). The maximum Gasteiger partial charge on any atom is 0.445 e. The van der Waals surface area contributed by atoms with Crippen LogP contribution < -0.4 is 0 Å². The predicted molar refractivity (Wildman–Crippen MR) is 22.0 cm³/mol. The molecule has 0 aliphatic rings. The van der Waals surface area contributed by atoms with Gasteiger partial charge >= 0.3 is 6.09 Å².